The molecular weight excluding hydrogens is 297 g/mol. The minimum Gasteiger partial charge on any atom is -0.463 e. The Morgan fingerprint density at radius 3 is 2.43 bits per heavy atom. The molecule has 2 atom stereocenters. The molecule has 1 aliphatic heterocycles. The highest BCUT2D eigenvalue weighted by atomic mass is 19.4. The second-order valence-electron chi connectivity index (χ2n) is 4.69. The molecule has 1 saturated heterocycles. The van der Waals surface area contributed by atoms with E-state index in [1.165, 1.54) is 6.92 Å². The van der Waals surface area contributed by atoms with Gasteiger partial charge in [0.15, 0.2) is 12.0 Å². The number of hydrogen-bond acceptors (Lipinski definition) is 6. The zero-order chi connectivity index (χ0) is 16.3. The number of carbonyl (C=O) groups excluding carboxylic acids is 3. The molecule has 0 aromatic heterocycles. The Morgan fingerprint density at radius 2 is 2.00 bits per heavy atom. The topological polar surface area (TPSA) is 78.9 Å². The van der Waals surface area contributed by atoms with Gasteiger partial charge in [-0.25, -0.2) is 9.59 Å². The van der Waals surface area contributed by atoms with Crippen molar-refractivity contribution in [3.63, 3.8) is 0 Å². The molecule has 9 heteroatoms. The van der Waals surface area contributed by atoms with Crippen LogP contribution in [0, 0.1) is 5.41 Å². The molecule has 1 heterocycles. The average Bonchev–Trinajstić information content (AvgIpc) is 2.79. The Morgan fingerprint density at radius 1 is 1.38 bits per heavy atom. The van der Waals surface area contributed by atoms with Crippen LogP contribution in [0.3, 0.4) is 0 Å². The van der Waals surface area contributed by atoms with Crippen LogP contribution in [-0.4, -0.2) is 43.4 Å². The molecule has 0 aromatic rings. The van der Waals surface area contributed by atoms with Gasteiger partial charge in [0.1, 0.15) is 0 Å². The first-order chi connectivity index (χ1) is 9.61. The molecule has 0 bridgehead atoms. The van der Waals surface area contributed by atoms with Gasteiger partial charge in [0.05, 0.1) is 6.61 Å². The molecule has 0 amide bonds. The number of rotatable bonds is 5. The van der Waals surface area contributed by atoms with Gasteiger partial charge in [0, 0.05) is 6.42 Å². The van der Waals surface area contributed by atoms with E-state index >= 15 is 0 Å². The third-order valence-electron chi connectivity index (χ3n) is 3.27. The fraction of sp³-hybridized carbons (Fsp3) is 0.750. The van der Waals surface area contributed by atoms with Crippen LogP contribution < -0.4 is 0 Å². The Balaban J connectivity index is 2.52. The van der Waals surface area contributed by atoms with Gasteiger partial charge in [-0.3, -0.25) is 4.79 Å². The van der Waals surface area contributed by atoms with Crippen LogP contribution in [-0.2, 0) is 28.6 Å². The highest BCUT2D eigenvalue weighted by molar-refractivity contribution is 5.83. The van der Waals surface area contributed by atoms with Gasteiger partial charge >= 0.3 is 24.1 Å². The predicted molar refractivity (Wildman–Crippen MR) is 60.9 cm³/mol. The van der Waals surface area contributed by atoms with Gasteiger partial charge in [-0.05, 0) is 13.3 Å². The van der Waals surface area contributed by atoms with Crippen LogP contribution in [0.1, 0.15) is 26.7 Å². The fourth-order valence-corrected chi connectivity index (χ4v) is 1.52. The van der Waals surface area contributed by atoms with Gasteiger partial charge < -0.3 is 14.2 Å². The summed E-state index contributed by atoms with van der Waals surface area (Å²) in [4.78, 5) is 33.9. The normalized spacial score (nSPS) is 21.4. The van der Waals surface area contributed by atoms with Gasteiger partial charge in [-0.1, -0.05) is 6.92 Å². The van der Waals surface area contributed by atoms with E-state index in [1.54, 1.807) is 0 Å². The zero-order valence-corrected chi connectivity index (χ0v) is 11.5. The van der Waals surface area contributed by atoms with Crippen molar-refractivity contribution >= 4 is 17.9 Å². The molecule has 120 valence electrons. The molecule has 1 aliphatic rings. The van der Waals surface area contributed by atoms with Crippen molar-refractivity contribution in [3.05, 3.63) is 0 Å². The molecular formula is C12H15F3O6. The lowest BCUT2D eigenvalue weighted by Gasteiger charge is -2.28. The quantitative estimate of drug-likeness (QED) is 0.563. The SMILES string of the molecule is CCC(C)(C(=O)OCC(=O)OC1CCOC1=O)C(F)(F)F. The summed E-state index contributed by atoms with van der Waals surface area (Å²) < 4.78 is 51.9. The van der Waals surface area contributed by atoms with Crippen molar-refractivity contribution in [2.24, 2.45) is 5.41 Å². The van der Waals surface area contributed by atoms with E-state index in [9.17, 15) is 27.6 Å². The molecule has 6 nitrogen and oxygen atoms in total. The fourth-order valence-electron chi connectivity index (χ4n) is 1.52. The summed E-state index contributed by atoms with van der Waals surface area (Å²) in [5.41, 5.74) is -2.69. The summed E-state index contributed by atoms with van der Waals surface area (Å²) >= 11 is 0. The number of ether oxygens (including phenoxy) is 3. The van der Waals surface area contributed by atoms with Gasteiger partial charge in [0.25, 0.3) is 0 Å². The second-order valence-corrected chi connectivity index (χ2v) is 4.69. The Bertz CT molecular complexity index is 433. The largest absolute Gasteiger partial charge is 0.463 e. The van der Waals surface area contributed by atoms with Crippen LogP contribution in [0.15, 0.2) is 0 Å². The van der Waals surface area contributed by atoms with Crippen molar-refractivity contribution in [3.8, 4) is 0 Å². The first-order valence-electron chi connectivity index (χ1n) is 6.22. The molecule has 0 radical (unpaired) electrons. The lowest BCUT2D eigenvalue weighted by atomic mass is 9.87. The van der Waals surface area contributed by atoms with Gasteiger partial charge in [-0.2, -0.15) is 13.2 Å². The molecule has 0 N–H and O–H groups in total. The number of carbonyl (C=O) groups is 3. The minimum absolute atomic E-state index is 0.0958. The predicted octanol–water partition coefficient (Wildman–Crippen LogP) is 1.37. The first-order valence-corrected chi connectivity index (χ1v) is 6.22. The molecule has 21 heavy (non-hydrogen) atoms. The average molecular weight is 312 g/mol. The van der Waals surface area contributed by atoms with E-state index < -0.39 is 48.6 Å². The maximum absolute atomic E-state index is 12.8. The maximum atomic E-state index is 12.8. The minimum atomic E-state index is -4.79. The lowest BCUT2D eigenvalue weighted by Crippen LogP contribution is -2.43. The van der Waals surface area contributed by atoms with E-state index in [0.717, 1.165) is 0 Å². The zero-order valence-electron chi connectivity index (χ0n) is 11.5. The van der Waals surface area contributed by atoms with Gasteiger partial charge in [0.2, 0.25) is 6.10 Å². The van der Waals surface area contributed by atoms with Crippen LogP contribution in [0.2, 0.25) is 0 Å². The maximum Gasteiger partial charge on any atom is 0.404 e. The van der Waals surface area contributed by atoms with E-state index in [0.29, 0.717) is 6.92 Å². The molecule has 1 fully saturated rings. The molecule has 0 saturated carbocycles. The van der Waals surface area contributed by atoms with Crippen molar-refractivity contribution < 1.29 is 41.8 Å². The van der Waals surface area contributed by atoms with Crippen molar-refractivity contribution in [1.29, 1.82) is 0 Å². The van der Waals surface area contributed by atoms with E-state index in [1.807, 2.05) is 0 Å². The van der Waals surface area contributed by atoms with Crippen molar-refractivity contribution in [2.75, 3.05) is 13.2 Å². The number of hydrogen-bond donors (Lipinski definition) is 0. The number of esters is 3. The molecule has 0 aromatic carbocycles. The highest BCUT2D eigenvalue weighted by Crippen LogP contribution is 2.41. The Labute approximate surface area is 118 Å². The summed E-state index contributed by atoms with van der Waals surface area (Å²) in [7, 11) is 0. The molecule has 0 aliphatic carbocycles. The third-order valence-corrected chi connectivity index (χ3v) is 3.27. The van der Waals surface area contributed by atoms with E-state index in [2.05, 4.69) is 14.2 Å². The summed E-state index contributed by atoms with van der Waals surface area (Å²) in [6.07, 6.45) is -6.26. The number of alkyl halides is 3. The van der Waals surface area contributed by atoms with Crippen LogP contribution >= 0.6 is 0 Å². The summed E-state index contributed by atoms with van der Waals surface area (Å²) in [5.74, 6) is -3.40. The first kappa shape index (κ1) is 17.3. The van der Waals surface area contributed by atoms with Crippen molar-refractivity contribution in [2.45, 2.75) is 39.0 Å². The summed E-state index contributed by atoms with van der Waals surface area (Å²) in [6, 6.07) is 0. The second kappa shape index (κ2) is 6.31. The smallest absolute Gasteiger partial charge is 0.404 e. The lowest BCUT2D eigenvalue weighted by molar-refractivity contribution is -0.231. The molecule has 2 unspecified atom stereocenters. The third kappa shape index (κ3) is 3.85. The molecule has 0 spiro atoms. The molecule has 1 rings (SSSR count). The van der Waals surface area contributed by atoms with Crippen LogP contribution in [0.25, 0.3) is 0 Å². The Kier molecular flexibility index (Phi) is 5.19. The van der Waals surface area contributed by atoms with Crippen molar-refractivity contribution in [1.82, 2.24) is 0 Å². The van der Waals surface area contributed by atoms with Crippen LogP contribution in [0.4, 0.5) is 13.2 Å². The Hall–Kier alpha value is -1.80. The number of halogens is 3. The summed E-state index contributed by atoms with van der Waals surface area (Å²) in [6.45, 7) is 0.976. The van der Waals surface area contributed by atoms with E-state index in [-0.39, 0.29) is 13.0 Å². The highest BCUT2D eigenvalue weighted by Gasteiger charge is 2.56. The standard InChI is InChI=1S/C12H15F3O6/c1-3-11(2,12(13,14)15)10(18)20-6-8(16)21-7-4-5-19-9(7)17/h7H,3-6H2,1-2H3. The van der Waals surface area contributed by atoms with E-state index in [4.69, 9.17) is 0 Å². The number of cyclic esters (lactones) is 1. The monoisotopic (exact) mass is 312 g/mol. The van der Waals surface area contributed by atoms with Crippen LogP contribution in [0.5, 0.6) is 0 Å². The summed E-state index contributed by atoms with van der Waals surface area (Å²) in [5, 5.41) is 0. The van der Waals surface area contributed by atoms with Gasteiger partial charge in [-0.15, -0.1) is 0 Å².